The van der Waals surface area contributed by atoms with Gasteiger partial charge in [0.15, 0.2) is 11.5 Å². The summed E-state index contributed by atoms with van der Waals surface area (Å²) in [7, 11) is 0. The quantitative estimate of drug-likeness (QED) is 0.392. The van der Waals surface area contributed by atoms with Crippen molar-refractivity contribution in [3.63, 3.8) is 0 Å². The standard InChI is InChI=1S/C23H28N2O6/c1-4-29-19-14-17(15-20(30-5-2)22(19)31-6-3)23(28)25-24-18(12-13-21(26)27)16-10-8-7-9-11-16/h7-11,14-15H,4-6,12-13H2,1-3H3,(H,25,28)(H,26,27)/b24-18+. The highest BCUT2D eigenvalue weighted by atomic mass is 16.5. The summed E-state index contributed by atoms with van der Waals surface area (Å²) in [6, 6.07) is 12.3. The lowest BCUT2D eigenvalue weighted by molar-refractivity contribution is -0.136. The summed E-state index contributed by atoms with van der Waals surface area (Å²) >= 11 is 0. The zero-order valence-electron chi connectivity index (χ0n) is 18.0. The van der Waals surface area contributed by atoms with E-state index in [1.54, 1.807) is 12.1 Å². The van der Waals surface area contributed by atoms with Gasteiger partial charge in [-0.2, -0.15) is 5.10 Å². The minimum atomic E-state index is -0.941. The van der Waals surface area contributed by atoms with Crippen LogP contribution in [0.15, 0.2) is 47.6 Å². The topological polar surface area (TPSA) is 106 Å². The third-order valence-corrected chi connectivity index (χ3v) is 4.15. The van der Waals surface area contributed by atoms with Gasteiger partial charge in [0.1, 0.15) is 0 Å². The molecule has 0 fully saturated rings. The molecule has 0 bridgehead atoms. The van der Waals surface area contributed by atoms with Gasteiger partial charge in [-0.1, -0.05) is 30.3 Å². The molecule has 0 spiro atoms. The Morgan fingerprint density at radius 2 is 1.45 bits per heavy atom. The Labute approximate surface area is 181 Å². The minimum Gasteiger partial charge on any atom is -0.490 e. The lowest BCUT2D eigenvalue weighted by Crippen LogP contribution is -2.21. The Morgan fingerprint density at radius 3 is 1.97 bits per heavy atom. The minimum absolute atomic E-state index is 0.102. The van der Waals surface area contributed by atoms with Crippen LogP contribution in [0.2, 0.25) is 0 Å². The molecule has 2 N–H and O–H groups in total. The number of carbonyl (C=O) groups is 2. The van der Waals surface area contributed by atoms with Gasteiger partial charge in [0.05, 0.1) is 32.0 Å². The Balaban J connectivity index is 2.34. The molecule has 0 saturated heterocycles. The number of ether oxygens (including phenoxy) is 3. The summed E-state index contributed by atoms with van der Waals surface area (Å²) in [5, 5.41) is 13.2. The van der Waals surface area contributed by atoms with Gasteiger partial charge in [0, 0.05) is 12.0 Å². The molecular weight excluding hydrogens is 400 g/mol. The van der Waals surface area contributed by atoms with Gasteiger partial charge in [-0.15, -0.1) is 0 Å². The van der Waals surface area contributed by atoms with Crippen molar-refractivity contribution in [2.24, 2.45) is 5.10 Å². The number of hydrazone groups is 1. The molecule has 1 amide bonds. The maximum Gasteiger partial charge on any atom is 0.303 e. The number of carboxylic acid groups (broad SMARTS) is 1. The molecular formula is C23H28N2O6. The van der Waals surface area contributed by atoms with Crippen LogP contribution in [-0.4, -0.2) is 42.5 Å². The average molecular weight is 428 g/mol. The van der Waals surface area contributed by atoms with Crippen LogP contribution in [-0.2, 0) is 4.79 Å². The monoisotopic (exact) mass is 428 g/mol. The van der Waals surface area contributed by atoms with Gasteiger partial charge in [-0.05, 0) is 38.5 Å². The van der Waals surface area contributed by atoms with Gasteiger partial charge in [-0.25, -0.2) is 5.43 Å². The number of nitrogens with one attached hydrogen (secondary N) is 1. The molecule has 31 heavy (non-hydrogen) atoms. The normalized spacial score (nSPS) is 11.0. The van der Waals surface area contributed by atoms with E-state index in [2.05, 4.69) is 10.5 Å². The van der Waals surface area contributed by atoms with E-state index in [1.807, 2.05) is 51.1 Å². The first-order valence-electron chi connectivity index (χ1n) is 10.2. The third-order valence-electron chi connectivity index (χ3n) is 4.15. The van der Waals surface area contributed by atoms with Crippen molar-refractivity contribution in [3.05, 3.63) is 53.6 Å². The number of carbonyl (C=O) groups excluding carboxylic acids is 1. The number of aliphatic carboxylic acids is 1. The summed E-state index contributed by atoms with van der Waals surface area (Å²) in [6.07, 6.45) is 0.0763. The first-order chi connectivity index (χ1) is 15.0. The Kier molecular flexibility index (Phi) is 9.35. The van der Waals surface area contributed by atoms with Crippen LogP contribution in [0.4, 0.5) is 0 Å². The second-order valence-electron chi connectivity index (χ2n) is 6.36. The van der Waals surface area contributed by atoms with Crippen LogP contribution in [0.1, 0.15) is 49.5 Å². The van der Waals surface area contributed by atoms with Crippen LogP contribution in [0.5, 0.6) is 17.2 Å². The van der Waals surface area contributed by atoms with Crippen LogP contribution >= 0.6 is 0 Å². The van der Waals surface area contributed by atoms with Crippen LogP contribution in [0.3, 0.4) is 0 Å². The smallest absolute Gasteiger partial charge is 0.303 e. The van der Waals surface area contributed by atoms with E-state index in [-0.39, 0.29) is 18.4 Å². The molecule has 8 heteroatoms. The lowest BCUT2D eigenvalue weighted by atomic mass is 10.1. The second-order valence-corrected chi connectivity index (χ2v) is 6.36. The Morgan fingerprint density at radius 1 is 0.871 bits per heavy atom. The molecule has 0 unspecified atom stereocenters. The van der Waals surface area contributed by atoms with Gasteiger partial charge >= 0.3 is 5.97 Å². The predicted octanol–water partition coefficient (Wildman–Crippen LogP) is 3.88. The molecule has 0 aliphatic carbocycles. The molecule has 0 heterocycles. The van der Waals surface area contributed by atoms with Crippen molar-refractivity contribution < 1.29 is 28.9 Å². The van der Waals surface area contributed by atoms with E-state index in [4.69, 9.17) is 19.3 Å². The maximum atomic E-state index is 12.8. The molecule has 166 valence electrons. The first kappa shape index (κ1) is 23.7. The predicted molar refractivity (Wildman–Crippen MR) is 117 cm³/mol. The van der Waals surface area contributed by atoms with Crippen molar-refractivity contribution >= 4 is 17.6 Å². The molecule has 0 radical (unpaired) electrons. The van der Waals surface area contributed by atoms with E-state index in [0.717, 1.165) is 5.56 Å². The summed E-state index contributed by atoms with van der Waals surface area (Å²) in [4.78, 5) is 23.8. The van der Waals surface area contributed by atoms with Crippen LogP contribution in [0, 0.1) is 0 Å². The highest BCUT2D eigenvalue weighted by Gasteiger charge is 2.18. The molecule has 0 atom stereocenters. The van der Waals surface area contributed by atoms with Crippen LogP contribution < -0.4 is 19.6 Å². The third kappa shape index (κ3) is 7.02. The number of benzene rings is 2. The zero-order chi connectivity index (χ0) is 22.6. The van der Waals surface area contributed by atoms with Gasteiger partial charge in [0.2, 0.25) is 5.75 Å². The van der Waals surface area contributed by atoms with Crippen molar-refractivity contribution in [2.45, 2.75) is 33.6 Å². The zero-order valence-corrected chi connectivity index (χ0v) is 18.0. The Hall–Kier alpha value is -3.55. The molecule has 0 aromatic heterocycles. The van der Waals surface area contributed by atoms with E-state index in [9.17, 15) is 9.59 Å². The summed E-state index contributed by atoms with van der Waals surface area (Å²) in [6.45, 7) is 6.72. The van der Waals surface area contributed by atoms with Gasteiger partial charge in [-0.3, -0.25) is 9.59 Å². The maximum absolute atomic E-state index is 12.8. The number of hydrogen-bond donors (Lipinski definition) is 2. The molecule has 2 aromatic rings. The van der Waals surface area contributed by atoms with Crippen molar-refractivity contribution in [3.8, 4) is 17.2 Å². The molecule has 8 nitrogen and oxygen atoms in total. The number of rotatable bonds is 12. The number of nitrogens with zero attached hydrogens (tertiary/aromatic N) is 1. The highest BCUT2D eigenvalue weighted by Crippen LogP contribution is 2.39. The average Bonchev–Trinajstić information content (AvgIpc) is 2.76. The summed E-state index contributed by atoms with van der Waals surface area (Å²) in [5.41, 5.74) is 4.00. The first-order valence-corrected chi connectivity index (χ1v) is 10.2. The number of amides is 1. The largest absolute Gasteiger partial charge is 0.490 e. The van der Waals surface area contributed by atoms with E-state index >= 15 is 0 Å². The van der Waals surface area contributed by atoms with E-state index in [1.165, 1.54) is 0 Å². The van der Waals surface area contributed by atoms with E-state index in [0.29, 0.717) is 42.8 Å². The number of carboxylic acids is 1. The van der Waals surface area contributed by atoms with Gasteiger partial charge in [0.25, 0.3) is 5.91 Å². The Bertz CT molecular complexity index is 885. The van der Waals surface area contributed by atoms with E-state index < -0.39 is 11.9 Å². The fourth-order valence-electron chi connectivity index (χ4n) is 2.82. The number of hydrogen-bond acceptors (Lipinski definition) is 6. The lowest BCUT2D eigenvalue weighted by Gasteiger charge is -2.16. The van der Waals surface area contributed by atoms with Gasteiger partial charge < -0.3 is 19.3 Å². The molecule has 0 aliphatic heterocycles. The highest BCUT2D eigenvalue weighted by molar-refractivity contribution is 6.03. The second kappa shape index (κ2) is 12.2. The summed E-state index contributed by atoms with van der Waals surface area (Å²) < 4.78 is 16.9. The fourth-order valence-corrected chi connectivity index (χ4v) is 2.82. The molecule has 0 saturated carbocycles. The molecule has 2 rings (SSSR count). The SMILES string of the molecule is CCOc1cc(C(=O)N/N=C(\CCC(=O)O)c2ccccc2)cc(OCC)c1OCC. The summed E-state index contributed by atoms with van der Waals surface area (Å²) in [5.74, 6) is -0.173. The molecule has 0 aliphatic rings. The fraction of sp³-hybridized carbons (Fsp3) is 0.348. The molecule has 2 aromatic carbocycles. The van der Waals surface area contributed by atoms with Crippen molar-refractivity contribution in [2.75, 3.05) is 19.8 Å². The van der Waals surface area contributed by atoms with Crippen molar-refractivity contribution in [1.29, 1.82) is 0 Å². The van der Waals surface area contributed by atoms with Crippen LogP contribution in [0.25, 0.3) is 0 Å². The van der Waals surface area contributed by atoms with Crippen molar-refractivity contribution in [1.82, 2.24) is 5.43 Å².